The van der Waals surface area contributed by atoms with Crippen LogP contribution in [0.25, 0.3) is 0 Å². The Morgan fingerprint density at radius 1 is 1.41 bits per heavy atom. The molecule has 0 radical (unpaired) electrons. The fourth-order valence-corrected chi connectivity index (χ4v) is 2.78. The van der Waals surface area contributed by atoms with E-state index in [0.717, 1.165) is 6.26 Å². The summed E-state index contributed by atoms with van der Waals surface area (Å²) in [7, 11) is -3.44. The van der Waals surface area contributed by atoms with Gasteiger partial charge in [0.15, 0.2) is 0 Å². The topological polar surface area (TPSA) is 66.8 Å². The first-order chi connectivity index (χ1) is 7.80. The van der Waals surface area contributed by atoms with Gasteiger partial charge >= 0.3 is 0 Å². The van der Waals surface area contributed by atoms with Gasteiger partial charge in [-0.1, -0.05) is 12.1 Å². The van der Waals surface area contributed by atoms with Gasteiger partial charge in [0.05, 0.1) is 18.5 Å². The first-order valence-electron chi connectivity index (χ1n) is 5.21. The lowest BCUT2D eigenvalue weighted by molar-refractivity contribution is 0.0250. The summed E-state index contributed by atoms with van der Waals surface area (Å²) in [5.41, 5.74) is -0.741. The molecule has 94 valence electrons. The monoisotopic (exact) mass is 257 g/mol. The summed E-state index contributed by atoms with van der Waals surface area (Å²) in [6.45, 7) is 1.61. The van der Waals surface area contributed by atoms with Crippen molar-refractivity contribution in [3.05, 3.63) is 24.3 Å². The summed E-state index contributed by atoms with van der Waals surface area (Å²) < 4.78 is 30.1. The molecule has 1 heterocycles. The zero-order valence-electron chi connectivity index (χ0n) is 9.75. The van der Waals surface area contributed by atoms with Crippen LogP contribution in [-0.2, 0) is 10.0 Å². The number of fused-ring (bicyclic) bond motifs is 1. The molecular formula is C11H15NO4S. The molecule has 1 N–H and O–H groups in total. The van der Waals surface area contributed by atoms with E-state index >= 15 is 0 Å². The molecule has 1 aromatic carbocycles. The van der Waals surface area contributed by atoms with Gasteiger partial charge in [-0.2, -0.15) is 0 Å². The van der Waals surface area contributed by atoms with E-state index < -0.39 is 15.6 Å². The van der Waals surface area contributed by atoms with Crippen molar-refractivity contribution in [2.24, 2.45) is 0 Å². The first kappa shape index (κ1) is 12.2. The van der Waals surface area contributed by atoms with Gasteiger partial charge in [-0.15, -0.1) is 0 Å². The second-order valence-corrected chi connectivity index (χ2v) is 6.43. The van der Waals surface area contributed by atoms with Crippen LogP contribution in [-0.4, -0.2) is 38.5 Å². The highest BCUT2D eigenvalue weighted by Gasteiger charge is 2.34. The van der Waals surface area contributed by atoms with Gasteiger partial charge in [0, 0.05) is 0 Å². The Kier molecular flexibility index (Phi) is 2.79. The number of aliphatic hydroxyl groups is 1. The third-order valence-electron chi connectivity index (χ3n) is 2.56. The van der Waals surface area contributed by atoms with Crippen LogP contribution in [0, 0.1) is 0 Å². The molecule has 0 aromatic heterocycles. The third-order valence-corrected chi connectivity index (χ3v) is 3.68. The second-order valence-electron chi connectivity index (χ2n) is 4.52. The highest BCUT2D eigenvalue weighted by Crippen LogP contribution is 2.34. The molecule has 0 bridgehead atoms. The lowest BCUT2D eigenvalue weighted by Crippen LogP contribution is -2.45. The van der Waals surface area contributed by atoms with Crippen LogP contribution in [0.2, 0.25) is 0 Å². The fourth-order valence-electron chi connectivity index (χ4n) is 1.75. The standard InChI is InChI=1S/C11H15NO4S/c1-11(13)7-12(17(2,14)15)9-5-3-4-6-10(9)16-8-11/h3-6,13H,7-8H2,1-2H3. The molecular weight excluding hydrogens is 242 g/mol. The summed E-state index contributed by atoms with van der Waals surface area (Å²) in [5, 5.41) is 10.0. The average Bonchev–Trinajstić information content (AvgIpc) is 2.35. The molecule has 0 amide bonds. The maximum Gasteiger partial charge on any atom is 0.232 e. The Morgan fingerprint density at radius 3 is 2.71 bits per heavy atom. The Hall–Kier alpha value is -1.27. The zero-order valence-corrected chi connectivity index (χ0v) is 10.6. The molecule has 0 spiro atoms. The zero-order chi connectivity index (χ0) is 12.7. The van der Waals surface area contributed by atoms with E-state index in [2.05, 4.69) is 0 Å². The molecule has 0 saturated heterocycles. The molecule has 1 aliphatic heterocycles. The number of hydrogen-bond acceptors (Lipinski definition) is 4. The number of β-amino-alcohol motifs (C(OH)–C–C–N with tert-alkyl or cyclic N) is 1. The van der Waals surface area contributed by atoms with Gasteiger partial charge in [0.2, 0.25) is 10.0 Å². The number of ether oxygens (including phenoxy) is 1. The van der Waals surface area contributed by atoms with Gasteiger partial charge in [0.25, 0.3) is 0 Å². The van der Waals surface area contributed by atoms with E-state index in [1.54, 1.807) is 31.2 Å². The lowest BCUT2D eigenvalue weighted by Gasteiger charge is -2.27. The van der Waals surface area contributed by atoms with Crippen LogP contribution < -0.4 is 9.04 Å². The Labute approximate surface area is 101 Å². The number of anilines is 1. The van der Waals surface area contributed by atoms with Crippen LogP contribution in [0.1, 0.15) is 6.92 Å². The van der Waals surface area contributed by atoms with Crippen LogP contribution in [0.15, 0.2) is 24.3 Å². The summed E-state index contributed by atoms with van der Waals surface area (Å²) in [6.07, 6.45) is 1.12. The van der Waals surface area contributed by atoms with E-state index in [0.29, 0.717) is 11.4 Å². The summed E-state index contributed by atoms with van der Waals surface area (Å²) in [5.74, 6) is 0.468. The Morgan fingerprint density at radius 2 is 2.06 bits per heavy atom. The fraction of sp³-hybridized carbons (Fsp3) is 0.455. The Balaban J connectivity index is 2.55. The summed E-state index contributed by atoms with van der Waals surface area (Å²) >= 11 is 0. The van der Waals surface area contributed by atoms with Crippen molar-refractivity contribution in [1.29, 1.82) is 0 Å². The highest BCUT2D eigenvalue weighted by molar-refractivity contribution is 7.92. The molecule has 2 rings (SSSR count). The van der Waals surface area contributed by atoms with E-state index in [1.165, 1.54) is 4.31 Å². The van der Waals surface area contributed by atoms with Gasteiger partial charge < -0.3 is 9.84 Å². The first-order valence-corrected chi connectivity index (χ1v) is 7.06. The SMILES string of the molecule is CC1(O)COc2ccccc2N(S(C)(=O)=O)C1. The highest BCUT2D eigenvalue weighted by atomic mass is 32.2. The molecule has 1 unspecified atom stereocenters. The number of para-hydroxylation sites is 2. The molecule has 6 heteroatoms. The van der Waals surface area contributed by atoms with Crippen LogP contribution >= 0.6 is 0 Å². The van der Waals surface area contributed by atoms with E-state index in [1.807, 2.05) is 0 Å². The van der Waals surface area contributed by atoms with E-state index in [4.69, 9.17) is 4.74 Å². The van der Waals surface area contributed by atoms with Gasteiger partial charge in [-0.3, -0.25) is 4.31 Å². The number of hydrogen-bond donors (Lipinski definition) is 1. The minimum atomic E-state index is -3.44. The quantitative estimate of drug-likeness (QED) is 0.800. The average molecular weight is 257 g/mol. The third kappa shape index (κ3) is 2.53. The van der Waals surface area contributed by atoms with E-state index in [9.17, 15) is 13.5 Å². The van der Waals surface area contributed by atoms with Crippen molar-refractivity contribution in [3.8, 4) is 5.75 Å². The van der Waals surface area contributed by atoms with Gasteiger partial charge in [-0.05, 0) is 19.1 Å². The normalized spacial score (nSPS) is 24.8. The predicted octanol–water partition coefficient (Wildman–Crippen LogP) is 0.596. The molecule has 0 fully saturated rings. The minimum Gasteiger partial charge on any atom is -0.488 e. The van der Waals surface area contributed by atoms with Crippen molar-refractivity contribution in [3.63, 3.8) is 0 Å². The lowest BCUT2D eigenvalue weighted by atomic mass is 10.1. The summed E-state index contributed by atoms with van der Waals surface area (Å²) in [4.78, 5) is 0. The molecule has 0 saturated carbocycles. The molecule has 0 aliphatic carbocycles. The van der Waals surface area contributed by atoms with Crippen molar-refractivity contribution in [2.75, 3.05) is 23.7 Å². The molecule has 1 atom stereocenters. The number of nitrogens with zero attached hydrogens (tertiary/aromatic N) is 1. The molecule has 5 nitrogen and oxygen atoms in total. The van der Waals surface area contributed by atoms with Crippen LogP contribution in [0.4, 0.5) is 5.69 Å². The van der Waals surface area contributed by atoms with Crippen molar-refractivity contribution >= 4 is 15.7 Å². The maximum absolute atomic E-state index is 11.7. The maximum atomic E-state index is 11.7. The minimum absolute atomic E-state index is 0.0111. The number of sulfonamides is 1. The van der Waals surface area contributed by atoms with E-state index in [-0.39, 0.29) is 13.2 Å². The number of benzene rings is 1. The molecule has 17 heavy (non-hydrogen) atoms. The Bertz CT molecular complexity index is 524. The van der Waals surface area contributed by atoms with Crippen LogP contribution in [0.5, 0.6) is 5.75 Å². The van der Waals surface area contributed by atoms with Crippen molar-refractivity contribution < 1.29 is 18.3 Å². The van der Waals surface area contributed by atoms with Crippen molar-refractivity contribution in [1.82, 2.24) is 0 Å². The second kappa shape index (κ2) is 3.89. The largest absolute Gasteiger partial charge is 0.488 e. The summed E-state index contributed by atoms with van der Waals surface area (Å²) in [6, 6.07) is 6.85. The predicted molar refractivity (Wildman–Crippen MR) is 64.8 cm³/mol. The van der Waals surface area contributed by atoms with Gasteiger partial charge in [0.1, 0.15) is 18.0 Å². The smallest absolute Gasteiger partial charge is 0.232 e. The van der Waals surface area contributed by atoms with Crippen molar-refractivity contribution in [2.45, 2.75) is 12.5 Å². The van der Waals surface area contributed by atoms with Gasteiger partial charge in [-0.25, -0.2) is 8.42 Å². The van der Waals surface area contributed by atoms with Crippen LogP contribution in [0.3, 0.4) is 0 Å². The molecule has 1 aromatic rings. The number of rotatable bonds is 1. The molecule has 1 aliphatic rings.